The standard InChI is InChI=1S/C20H26FN3O4/c1-20(2,3)16-11-23(8-9-24(16)19(27)28)15-6-4-12(10-14(15)21)13-5-7-17(25)22-18(13)26/h4,6,10,13,16H,5,7-9,11H2,1-3H3,(H,27,28)(H,22,25,26). The van der Waals surface area contributed by atoms with E-state index in [0.29, 0.717) is 37.3 Å². The highest BCUT2D eigenvalue weighted by atomic mass is 19.1. The molecule has 1 aromatic carbocycles. The Kier molecular flexibility index (Phi) is 5.32. The Hall–Kier alpha value is -2.64. The largest absolute Gasteiger partial charge is 0.465 e. The third-order valence-corrected chi connectivity index (χ3v) is 5.58. The first kappa shape index (κ1) is 20.1. The number of carbonyl (C=O) groups is 3. The van der Waals surface area contributed by atoms with E-state index < -0.39 is 23.7 Å². The van der Waals surface area contributed by atoms with Crippen molar-refractivity contribution in [3.8, 4) is 0 Å². The second-order valence-electron chi connectivity index (χ2n) is 8.52. The molecule has 1 aromatic rings. The fraction of sp³-hybridized carbons (Fsp3) is 0.550. The molecule has 2 aliphatic heterocycles. The normalized spacial score (nSPS) is 23.6. The number of nitrogens with one attached hydrogen (secondary N) is 1. The molecule has 8 heteroatoms. The highest BCUT2D eigenvalue weighted by Gasteiger charge is 2.38. The van der Waals surface area contributed by atoms with Crippen molar-refractivity contribution in [3.05, 3.63) is 29.6 Å². The number of carboxylic acid groups (broad SMARTS) is 1. The summed E-state index contributed by atoms with van der Waals surface area (Å²) in [5, 5.41) is 11.8. The zero-order chi connectivity index (χ0) is 20.6. The Balaban J connectivity index is 1.81. The summed E-state index contributed by atoms with van der Waals surface area (Å²) in [4.78, 5) is 38.2. The molecular formula is C20H26FN3O4. The topological polar surface area (TPSA) is 90.0 Å². The molecule has 0 saturated carbocycles. The third-order valence-electron chi connectivity index (χ3n) is 5.58. The second-order valence-corrected chi connectivity index (χ2v) is 8.52. The van der Waals surface area contributed by atoms with Gasteiger partial charge in [0.2, 0.25) is 11.8 Å². The molecule has 0 aromatic heterocycles. The van der Waals surface area contributed by atoms with Crippen molar-refractivity contribution in [1.82, 2.24) is 10.2 Å². The lowest BCUT2D eigenvalue weighted by molar-refractivity contribution is -0.134. The van der Waals surface area contributed by atoms with Crippen LogP contribution >= 0.6 is 0 Å². The van der Waals surface area contributed by atoms with E-state index in [-0.39, 0.29) is 23.8 Å². The van der Waals surface area contributed by atoms with Gasteiger partial charge in [0, 0.05) is 26.1 Å². The van der Waals surface area contributed by atoms with E-state index in [4.69, 9.17) is 0 Å². The minimum atomic E-state index is -0.965. The SMILES string of the molecule is CC(C)(C)C1CN(c2ccc(C3CCC(=O)NC3=O)cc2F)CCN1C(=O)O. The molecule has 0 aliphatic carbocycles. The van der Waals surface area contributed by atoms with E-state index in [1.165, 1.54) is 11.0 Å². The number of imide groups is 1. The maximum Gasteiger partial charge on any atom is 0.407 e. The summed E-state index contributed by atoms with van der Waals surface area (Å²) < 4.78 is 14.9. The van der Waals surface area contributed by atoms with Crippen molar-refractivity contribution >= 4 is 23.6 Å². The van der Waals surface area contributed by atoms with E-state index in [9.17, 15) is 23.9 Å². The average Bonchev–Trinajstić information content (AvgIpc) is 2.60. The Morgan fingerprint density at radius 2 is 1.96 bits per heavy atom. The van der Waals surface area contributed by atoms with Crippen LogP contribution in [0.5, 0.6) is 0 Å². The van der Waals surface area contributed by atoms with Crippen LogP contribution in [0.2, 0.25) is 0 Å². The lowest BCUT2D eigenvalue weighted by Gasteiger charge is -2.46. The van der Waals surface area contributed by atoms with Gasteiger partial charge in [-0.15, -0.1) is 0 Å². The number of piperidine rings is 1. The van der Waals surface area contributed by atoms with Gasteiger partial charge in [-0.3, -0.25) is 14.9 Å². The van der Waals surface area contributed by atoms with Gasteiger partial charge in [0.15, 0.2) is 0 Å². The smallest absolute Gasteiger partial charge is 0.407 e. The van der Waals surface area contributed by atoms with Gasteiger partial charge in [0.25, 0.3) is 0 Å². The zero-order valence-electron chi connectivity index (χ0n) is 16.4. The highest BCUT2D eigenvalue weighted by Crippen LogP contribution is 2.33. The van der Waals surface area contributed by atoms with Gasteiger partial charge in [-0.05, 0) is 29.5 Å². The summed E-state index contributed by atoms with van der Waals surface area (Å²) in [6.07, 6.45) is -0.356. The fourth-order valence-electron chi connectivity index (χ4n) is 3.98. The first-order valence-corrected chi connectivity index (χ1v) is 9.45. The molecule has 2 heterocycles. The first-order valence-electron chi connectivity index (χ1n) is 9.45. The predicted octanol–water partition coefficient (Wildman–Crippen LogP) is 2.56. The van der Waals surface area contributed by atoms with Crippen molar-refractivity contribution < 1.29 is 23.9 Å². The van der Waals surface area contributed by atoms with Gasteiger partial charge in [-0.2, -0.15) is 0 Å². The van der Waals surface area contributed by atoms with Crippen LogP contribution in [-0.2, 0) is 9.59 Å². The molecule has 0 radical (unpaired) electrons. The van der Waals surface area contributed by atoms with Crippen LogP contribution in [0, 0.1) is 11.2 Å². The molecule has 2 saturated heterocycles. The van der Waals surface area contributed by atoms with E-state index in [1.54, 1.807) is 12.1 Å². The van der Waals surface area contributed by atoms with Gasteiger partial charge in [-0.25, -0.2) is 9.18 Å². The van der Waals surface area contributed by atoms with Crippen molar-refractivity contribution in [2.75, 3.05) is 24.5 Å². The molecule has 2 aliphatic rings. The monoisotopic (exact) mass is 391 g/mol. The summed E-state index contributed by atoms with van der Waals surface area (Å²) >= 11 is 0. The van der Waals surface area contributed by atoms with E-state index in [1.807, 2.05) is 25.7 Å². The molecule has 152 valence electrons. The molecule has 2 atom stereocenters. The van der Waals surface area contributed by atoms with Crippen molar-refractivity contribution in [1.29, 1.82) is 0 Å². The Bertz CT molecular complexity index is 805. The molecule has 3 amide bonds. The molecule has 2 fully saturated rings. The minimum Gasteiger partial charge on any atom is -0.465 e. The summed E-state index contributed by atoms with van der Waals surface area (Å²) in [5.74, 6) is -1.68. The van der Waals surface area contributed by atoms with E-state index >= 15 is 0 Å². The lowest BCUT2D eigenvalue weighted by atomic mass is 9.84. The maximum absolute atomic E-state index is 14.9. The summed E-state index contributed by atoms with van der Waals surface area (Å²) in [6, 6.07) is 4.44. The number of halogens is 1. The van der Waals surface area contributed by atoms with Gasteiger partial charge in [0.05, 0.1) is 17.6 Å². The van der Waals surface area contributed by atoms with Gasteiger partial charge in [-0.1, -0.05) is 26.8 Å². The number of benzene rings is 1. The van der Waals surface area contributed by atoms with Crippen molar-refractivity contribution in [3.63, 3.8) is 0 Å². The molecule has 3 rings (SSSR count). The summed E-state index contributed by atoms with van der Waals surface area (Å²) in [6.45, 7) is 7.00. The lowest BCUT2D eigenvalue weighted by Crippen LogP contribution is -2.59. The Morgan fingerprint density at radius 1 is 1.25 bits per heavy atom. The molecule has 2 N–H and O–H groups in total. The van der Waals surface area contributed by atoms with Crippen LogP contribution in [0.3, 0.4) is 0 Å². The number of hydrogen-bond acceptors (Lipinski definition) is 4. The van der Waals surface area contributed by atoms with Crippen LogP contribution in [-0.4, -0.2) is 53.6 Å². The molecule has 7 nitrogen and oxygen atoms in total. The summed E-state index contributed by atoms with van der Waals surface area (Å²) in [7, 11) is 0. The maximum atomic E-state index is 14.9. The molecule has 28 heavy (non-hydrogen) atoms. The van der Waals surface area contributed by atoms with Crippen molar-refractivity contribution in [2.24, 2.45) is 5.41 Å². The molecule has 0 spiro atoms. The van der Waals surface area contributed by atoms with Crippen LogP contribution in [0.1, 0.15) is 45.1 Å². The Labute approximate surface area is 163 Å². The number of carbonyl (C=O) groups excluding carboxylic acids is 2. The summed E-state index contributed by atoms with van der Waals surface area (Å²) in [5.41, 5.74) is 0.651. The third kappa shape index (κ3) is 3.95. The quantitative estimate of drug-likeness (QED) is 0.757. The number of anilines is 1. The molecular weight excluding hydrogens is 365 g/mol. The average molecular weight is 391 g/mol. The number of nitrogens with zero attached hydrogens (tertiary/aromatic N) is 2. The minimum absolute atomic E-state index is 0.240. The number of piperazine rings is 1. The van der Waals surface area contributed by atoms with Crippen LogP contribution in [0.4, 0.5) is 14.9 Å². The second kappa shape index (κ2) is 7.41. The van der Waals surface area contributed by atoms with Crippen LogP contribution in [0.15, 0.2) is 18.2 Å². The fourth-order valence-corrected chi connectivity index (χ4v) is 3.98. The number of hydrogen-bond donors (Lipinski definition) is 2. The number of amides is 3. The highest BCUT2D eigenvalue weighted by molar-refractivity contribution is 6.00. The molecule has 0 bridgehead atoms. The first-order chi connectivity index (χ1) is 13.1. The van der Waals surface area contributed by atoms with Gasteiger partial charge < -0.3 is 14.9 Å². The van der Waals surface area contributed by atoms with E-state index in [2.05, 4.69) is 5.32 Å². The predicted molar refractivity (Wildman–Crippen MR) is 102 cm³/mol. The Morgan fingerprint density at radius 3 is 2.54 bits per heavy atom. The zero-order valence-corrected chi connectivity index (χ0v) is 16.4. The van der Waals surface area contributed by atoms with Crippen LogP contribution in [0.25, 0.3) is 0 Å². The van der Waals surface area contributed by atoms with Gasteiger partial charge >= 0.3 is 6.09 Å². The van der Waals surface area contributed by atoms with Crippen molar-refractivity contribution in [2.45, 2.75) is 45.6 Å². The number of rotatable bonds is 2. The molecule has 2 unspecified atom stereocenters. The van der Waals surface area contributed by atoms with Gasteiger partial charge in [0.1, 0.15) is 5.82 Å². The van der Waals surface area contributed by atoms with E-state index in [0.717, 1.165) is 0 Å². The van der Waals surface area contributed by atoms with Crippen LogP contribution < -0.4 is 10.2 Å².